The Morgan fingerprint density at radius 2 is 1.83 bits per heavy atom. The third-order valence-corrected chi connectivity index (χ3v) is 4.87. The molecule has 0 spiro atoms. The van der Waals surface area contributed by atoms with Gasteiger partial charge in [-0.25, -0.2) is 0 Å². The molecular formula is C21H26N2O. The monoisotopic (exact) mass is 322 g/mol. The number of hydrogen-bond donors (Lipinski definition) is 0. The third kappa shape index (κ3) is 3.61. The summed E-state index contributed by atoms with van der Waals surface area (Å²) in [7, 11) is 0. The fraction of sp³-hybridized carbons (Fsp3) is 0.381. The zero-order valence-corrected chi connectivity index (χ0v) is 14.6. The summed E-state index contributed by atoms with van der Waals surface area (Å²) in [6, 6.07) is 19.2. The number of anilines is 1. The summed E-state index contributed by atoms with van der Waals surface area (Å²) < 4.78 is 0. The minimum absolute atomic E-state index is 0.234. The number of fused-ring (bicyclic) bond motifs is 1. The molecule has 0 fully saturated rings. The lowest BCUT2D eigenvalue weighted by Crippen LogP contribution is -2.36. The summed E-state index contributed by atoms with van der Waals surface area (Å²) in [5, 5.41) is 0. The lowest BCUT2D eigenvalue weighted by Gasteiger charge is -2.27. The van der Waals surface area contributed by atoms with E-state index in [1.54, 1.807) is 0 Å². The fourth-order valence-electron chi connectivity index (χ4n) is 3.52. The molecule has 126 valence electrons. The highest BCUT2D eigenvalue weighted by Gasteiger charge is 2.26. The van der Waals surface area contributed by atoms with Gasteiger partial charge in [-0.3, -0.25) is 4.79 Å². The first-order valence-corrected chi connectivity index (χ1v) is 8.85. The molecule has 3 heteroatoms. The highest BCUT2D eigenvalue weighted by Crippen LogP contribution is 2.31. The van der Waals surface area contributed by atoms with Crippen molar-refractivity contribution < 1.29 is 4.79 Å². The van der Waals surface area contributed by atoms with E-state index in [0.29, 0.717) is 19.0 Å². The van der Waals surface area contributed by atoms with Crippen molar-refractivity contribution in [2.24, 2.45) is 0 Å². The van der Waals surface area contributed by atoms with Crippen molar-refractivity contribution in [3.63, 3.8) is 0 Å². The van der Waals surface area contributed by atoms with Gasteiger partial charge in [-0.1, -0.05) is 48.5 Å². The van der Waals surface area contributed by atoms with Crippen molar-refractivity contribution in [3.05, 3.63) is 65.7 Å². The van der Waals surface area contributed by atoms with Crippen molar-refractivity contribution in [1.82, 2.24) is 4.90 Å². The number of para-hydroxylation sites is 1. The summed E-state index contributed by atoms with van der Waals surface area (Å²) in [5.41, 5.74) is 3.88. The quantitative estimate of drug-likeness (QED) is 0.806. The summed E-state index contributed by atoms with van der Waals surface area (Å²) >= 11 is 0. The minimum atomic E-state index is 0.234. The number of benzene rings is 2. The normalized spacial score (nSPS) is 16.1. The molecule has 1 amide bonds. The van der Waals surface area contributed by atoms with Crippen LogP contribution in [0, 0.1) is 0 Å². The Morgan fingerprint density at radius 1 is 1.12 bits per heavy atom. The molecule has 0 saturated carbocycles. The molecule has 1 unspecified atom stereocenters. The molecule has 0 N–H and O–H groups in total. The second-order valence-corrected chi connectivity index (χ2v) is 6.52. The van der Waals surface area contributed by atoms with Gasteiger partial charge in [0, 0.05) is 37.8 Å². The standard InChI is InChI=1S/C21H26N2O/c1-3-22(16-18-9-5-4-6-10-18)21(24)13-14-23-17(2)15-19-11-7-8-12-20(19)23/h4-12,17H,3,13-16H2,1-2H3. The predicted molar refractivity (Wildman–Crippen MR) is 99.1 cm³/mol. The van der Waals surface area contributed by atoms with Crippen LogP contribution in [-0.2, 0) is 17.8 Å². The van der Waals surface area contributed by atoms with E-state index in [9.17, 15) is 4.79 Å². The van der Waals surface area contributed by atoms with Gasteiger partial charge in [0.2, 0.25) is 5.91 Å². The molecule has 0 aromatic heterocycles. The maximum atomic E-state index is 12.7. The maximum Gasteiger partial charge on any atom is 0.224 e. The van der Waals surface area contributed by atoms with Gasteiger partial charge in [-0.05, 0) is 37.5 Å². The molecule has 0 radical (unpaired) electrons. The molecule has 1 heterocycles. The van der Waals surface area contributed by atoms with Gasteiger partial charge in [0.1, 0.15) is 0 Å². The van der Waals surface area contributed by atoms with E-state index >= 15 is 0 Å². The lowest BCUT2D eigenvalue weighted by atomic mass is 10.1. The van der Waals surface area contributed by atoms with Crippen molar-refractivity contribution in [3.8, 4) is 0 Å². The van der Waals surface area contributed by atoms with Gasteiger partial charge in [0.15, 0.2) is 0 Å². The maximum absolute atomic E-state index is 12.7. The average Bonchev–Trinajstić information content (AvgIpc) is 2.93. The van der Waals surface area contributed by atoms with Gasteiger partial charge in [0.25, 0.3) is 0 Å². The second-order valence-electron chi connectivity index (χ2n) is 6.52. The van der Waals surface area contributed by atoms with Crippen LogP contribution in [0.15, 0.2) is 54.6 Å². The average molecular weight is 322 g/mol. The summed E-state index contributed by atoms with van der Waals surface area (Å²) in [4.78, 5) is 17.0. The second kappa shape index (κ2) is 7.52. The first-order chi connectivity index (χ1) is 11.7. The number of rotatable bonds is 6. The van der Waals surface area contributed by atoms with E-state index in [2.05, 4.69) is 55.1 Å². The van der Waals surface area contributed by atoms with Crippen molar-refractivity contribution in [2.45, 2.75) is 39.3 Å². The minimum Gasteiger partial charge on any atom is -0.368 e. The highest BCUT2D eigenvalue weighted by atomic mass is 16.2. The van der Waals surface area contributed by atoms with Gasteiger partial charge in [-0.2, -0.15) is 0 Å². The summed E-state index contributed by atoms with van der Waals surface area (Å²) in [6.45, 7) is 6.53. The van der Waals surface area contributed by atoms with Gasteiger partial charge >= 0.3 is 0 Å². The van der Waals surface area contributed by atoms with Crippen LogP contribution < -0.4 is 4.90 Å². The van der Waals surface area contributed by atoms with E-state index in [0.717, 1.165) is 19.5 Å². The number of carbonyl (C=O) groups excluding carboxylic acids is 1. The Bertz CT molecular complexity index is 683. The molecule has 3 nitrogen and oxygen atoms in total. The molecule has 1 aliphatic heterocycles. The van der Waals surface area contributed by atoms with Gasteiger partial charge < -0.3 is 9.80 Å². The van der Waals surface area contributed by atoms with Crippen molar-refractivity contribution in [2.75, 3.05) is 18.0 Å². The Kier molecular flexibility index (Phi) is 5.19. The lowest BCUT2D eigenvalue weighted by molar-refractivity contribution is -0.131. The number of amides is 1. The summed E-state index contributed by atoms with van der Waals surface area (Å²) in [5.74, 6) is 0.234. The smallest absolute Gasteiger partial charge is 0.224 e. The van der Waals surface area contributed by atoms with Crippen molar-refractivity contribution >= 4 is 11.6 Å². The molecular weight excluding hydrogens is 296 g/mol. The number of nitrogens with zero attached hydrogens (tertiary/aromatic N) is 2. The zero-order valence-electron chi connectivity index (χ0n) is 14.6. The number of carbonyl (C=O) groups is 1. The molecule has 0 bridgehead atoms. The van der Waals surface area contributed by atoms with Gasteiger partial charge in [0.05, 0.1) is 0 Å². The van der Waals surface area contributed by atoms with E-state index in [4.69, 9.17) is 0 Å². The van der Waals surface area contributed by atoms with E-state index in [1.165, 1.54) is 16.8 Å². The molecule has 2 aromatic carbocycles. The van der Waals surface area contributed by atoms with Crippen LogP contribution in [-0.4, -0.2) is 29.9 Å². The molecule has 2 aromatic rings. The van der Waals surface area contributed by atoms with Crippen LogP contribution in [0.25, 0.3) is 0 Å². The SMILES string of the molecule is CCN(Cc1ccccc1)C(=O)CCN1c2ccccc2CC1C. The van der Waals surface area contributed by atoms with Crippen LogP contribution in [0.1, 0.15) is 31.4 Å². The van der Waals surface area contributed by atoms with E-state index in [1.807, 2.05) is 23.1 Å². The van der Waals surface area contributed by atoms with Crippen LogP contribution in [0.2, 0.25) is 0 Å². The molecule has 1 atom stereocenters. The fourth-order valence-corrected chi connectivity index (χ4v) is 3.52. The van der Waals surface area contributed by atoms with Gasteiger partial charge in [-0.15, -0.1) is 0 Å². The molecule has 0 aliphatic carbocycles. The first kappa shape index (κ1) is 16.6. The van der Waals surface area contributed by atoms with E-state index < -0.39 is 0 Å². The zero-order chi connectivity index (χ0) is 16.9. The number of hydrogen-bond acceptors (Lipinski definition) is 2. The summed E-state index contributed by atoms with van der Waals surface area (Å²) in [6.07, 6.45) is 1.64. The van der Waals surface area contributed by atoms with E-state index in [-0.39, 0.29) is 5.91 Å². The Labute approximate surface area is 144 Å². The molecule has 3 rings (SSSR count). The van der Waals surface area contributed by atoms with Crippen molar-refractivity contribution in [1.29, 1.82) is 0 Å². The topological polar surface area (TPSA) is 23.6 Å². The highest BCUT2D eigenvalue weighted by molar-refractivity contribution is 5.77. The first-order valence-electron chi connectivity index (χ1n) is 8.85. The van der Waals surface area contributed by atoms with Crippen LogP contribution in [0.4, 0.5) is 5.69 Å². The molecule has 0 saturated heterocycles. The van der Waals surface area contributed by atoms with Crippen LogP contribution in [0.5, 0.6) is 0 Å². The predicted octanol–water partition coefficient (Wildman–Crippen LogP) is 3.88. The largest absolute Gasteiger partial charge is 0.368 e. The molecule has 1 aliphatic rings. The Morgan fingerprint density at radius 3 is 2.58 bits per heavy atom. The Balaban J connectivity index is 1.60. The van der Waals surface area contributed by atoms with Crippen LogP contribution in [0.3, 0.4) is 0 Å². The third-order valence-electron chi connectivity index (χ3n) is 4.87. The molecule has 24 heavy (non-hydrogen) atoms. The Hall–Kier alpha value is -2.29. The van der Waals surface area contributed by atoms with Crippen LogP contribution >= 0.6 is 0 Å².